The fraction of sp³-hybridized carbons (Fsp3) is 0.120. The number of anilines is 1. The molecule has 0 fully saturated rings. The summed E-state index contributed by atoms with van der Waals surface area (Å²) in [5.74, 6) is 0.451. The molecule has 0 aliphatic carbocycles. The molecule has 9 heteroatoms. The first-order valence-electron chi connectivity index (χ1n) is 9.86. The Balaban J connectivity index is 1.83. The smallest absolute Gasteiger partial charge is 0.266 e. The molecule has 0 aliphatic heterocycles. The molecule has 3 aromatic rings. The summed E-state index contributed by atoms with van der Waals surface area (Å²) >= 11 is 20.3. The summed E-state index contributed by atoms with van der Waals surface area (Å²) < 4.78 is 12.2. The van der Waals surface area contributed by atoms with Gasteiger partial charge in [0.15, 0.2) is 11.5 Å². The van der Waals surface area contributed by atoms with Crippen molar-refractivity contribution in [2.75, 3.05) is 12.4 Å². The Bertz CT molecular complexity index is 1320. The van der Waals surface area contributed by atoms with Gasteiger partial charge in [0.1, 0.15) is 18.2 Å². The summed E-state index contributed by atoms with van der Waals surface area (Å²) in [7, 11) is 1.52. The van der Waals surface area contributed by atoms with Crippen molar-refractivity contribution >= 4 is 75.1 Å². The van der Waals surface area contributed by atoms with E-state index in [1.807, 2.05) is 12.1 Å². The van der Waals surface area contributed by atoms with Crippen molar-refractivity contribution in [1.82, 2.24) is 0 Å². The second kappa shape index (κ2) is 11.8. The van der Waals surface area contributed by atoms with Gasteiger partial charge in [0.25, 0.3) is 5.91 Å². The van der Waals surface area contributed by atoms with Gasteiger partial charge in [0.2, 0.25) is 0 Å². The van der Waals surface area contributed by atoms with Gasteiger partial charge in [-0.2, -0.15) is 5.26 Å². The molecule has 3 rings (SSSR count). The number of halogens is 4. The van der Waals surface area contributed by atoms with Crippen molar-refractivity contribution in [3.05, 3.63) is 89.4 Å². The van der Waals surface area contributed by atoms with Gasteiger partial charge in [-0.05, 0) is 88.7 Å². The van der Waals surface area contributed by atoms with Crippen LogP contribution in [0.4, 0.5) is 5.69 Å². The molecule has 3 aromatic carbocycles. The maximum Gasteiger partial charge on any atom is 0.266 e. The second-order valence-electron chi connectivity index (χ2n) is 7.11. The average Bonchev–Trinajstić information content (AvgIpc) is 2.81. The van der Waals surface area contributed by atoms with E-state index in [2.05, 4.69) is 27.9 Å². The predicted molar refractivity (Wildman–Crippen MR) is 145 cm³/mol. The number of amides is 1. The minimum atomic E-state index is -0.540. The van der Waals surface area contributed by atoms with Crippen molar-refractivity contribution in [3.8, 4) is 17.6 Å². The highest BCUT2D eigenvalue weighted by molar-refractivity contribution is 14.1. The summed E-state index contributed by atoms with van der Waals surface area (Å²) in [6.45, 7) is 2.04. The summed E-state index contributed by atoms with van der Waals surface area (Å²) in [6.07, 6.45) is 1.49. The van der Waals surface area contributed by atoms with Gasteiger partial charge in [0.05, 0.1) is 20.7 Å². The molecule has 0 aliphatic rings. The van der Waals surface area contributed by atoms with Crippen LogP contribution in [0.15, 0.2) is 54.1 Å². The molecule has 0 atom stereocenters. The van der Waals surface area contributed by atoms with Crippen LogP contribution in [0.2, 0.25) is 15.1 Å². The Morgan fingerprint density at radius 3 is 2.56 bits per heavy atom. The van der Waals surface area contributed by atoms with Crippen molar-refractivity contribution in [2.45, 2.75) is 13.5 Å². The molecule has 0 heterocycles. The Morgan fingerprint density at radius 2 is 1.88 bits per heavy atom. The molecule has 0 saturated heterocycles. The van der Waals surface area contributed by atoms with E-state index >= 15 is 0 Å². The van der Waals surface area contributed by atoms with Gasteiger partial charge in [-0.3, -0.25) is 4.79 Å². The van der Waals surface area contributed by atoms with Crippen LogP contribution in [-0.2, 0) is 11.4 Å². The fourth-order valence-electron chi connectivity index (χ4n) is 3.00. The van der Waals surface area contributed by atoms with Crippen molar-refractivity contribution in [2.24, 2.45) is 0 Å². The third-order valence-electron chi connectivity index (χ3n) is 4.81. The number of nitriles is 1. The Kier molecular flexibility index (Phi) is 9.09. The van der Waals surface area contributed by atoms with E-state index < -0.39 is 5.91 Å². The number of carbonyl (C=O) groups is 1. The number of carbonyl (C=O) groups excluding carboxylic acids is 1. The molecule has 5 nitrogen and oxygen atoms in total. The van der Waals surface area contributed by atoms with E-state index in [0.29, 0.717) is 37.8 Å². The molecule has 0 radical (unpaired) electrons. The molecular weight excluding hydrogens is 610 g/mol. The highest BCUT2D eigenvalue weighted by Crippen LogP contribution is 2.35. The summed E-state index contributed by atoms with van der Waals surface area (Å²) in [5, 5.41) is 13.7. The Hall–Kier alpha value is -2.44. The number of hydrogen-bond acceptors (Lipinski definition) is 4. The van der Waals surface area contributed by atoms with Crippen molar-refractivity contribution in [3.63, 3.8) is 0 Å². The number of nitrogens with zero attached hydrogens (tertiary/aromatic N) is 1. The van der Waals surface area contributed by atoms with Crippen LogP contribution in [0.25, 0.3) is 6.08 Å². The Labute approximate surface area is 226 Å². The molecule has 0 bridgehead atoms. The quantitative estimate of drug-likeness (QED) is 0.166. The van der Waals surface area contributed by atoms with Gasteiger partial charge in [-0.25, -0.2) is 0 Å². The molecule has 174 valence electrons. The standard InChI is InChI=1S/C25H18Cl3IN2O3/c1-14-18(26)4-3-5-22(14)31-25(32)17(12-30)8-16-10-21(29)24(23(11-16)33-2)34-13-15-6-7-19(27)20(28)9-15/h3-11H,13H2,1-2H3,(H,31,32)/b17-8-. The third kappa shape index (κ3) is 6.36. The minimum Gasteiger partial charge on any atom is -0.493 e. The van der Waals surface area contributed by atoms with Crippen LogP contribution >= 0.6 is 57.4 Å². The molecule has 0 aromatic heterocycles. The zero-order valence-electron chi connectivity index (χ0n) is 18.1. The maximum atomic E-state index is 12.7. The monoisotopic (exact) mass is 626 g/mol. The molecule has 0 unspecified atom stereocenters. The number of rotatable bonds is 7. The van der Waals surface area contributed by atoms with E-state index in [4.69, 9.17) is 44.3 Å². The molecule has 34 heavy (non-hydrogen) atoms. The Morgan fingerprint density at radius 1 is 1.12 bits per heavy atom. The molecule has 0 saturated carbocycles. The fourth-order valence-corrected chi connectivity index (χ4v) is 4.27. The largest absolute Gasteiger partial charge is 0.493 e. The van der Waals surface area contributed by atoms with Crippen molar-refractivity contribution in [1.29, 1.82) is 5.26 Å². The van der Waals surface area contributed by atoms with Crippen LogP contribution in [0, 0.1) is 21.8 Å². The van der Waals surface area contributed by atoms with Crippen LogP contribution in [-0.4, -0.2) is 13.0 Å². The van der Waals surface area contributed by atoms with E-state index in [9.17, 15) is 10.1 Å². The number of benzene rings is 3. The maximum absolute atomic E-state index is 12.7. The molecular formula is C25H18Cl3IN2O3. The number of nitrogens with one attached hydrogen (secondary N) is 1. The summed E-state index contributed by atoms with van der Waals surface area (Å²) in [6, 6.07) is 15.9. The lowest BCUT2D eigenvalue weighted by Gasteiger charge is -2.14. The lowest BCUT2D eigenvalue weighted by atomic mass is 10.1. The van der Waals surface area contributed by atoms with E-state index in [-0.39, 0.29) is 12.2 Å². The lowest BCUT2D eigenvalue weighted by Crippen LogP contribution is -2.14. The topological polar surface area (TPSA) is 71.3 Å². The van der Waals surface area contributed by atoms with Crippen LogP contribution in [0.3, 0.4) is 0 Å². The number of hydrogen-bond donors (Lipinski definition) is 1. The summed E-state index contributed by atoms with van der Waals surface area (Å²) in [5.41, 5.74) is 2.64. The first kappa shape index (κ1) is 26.2. The van der Waals surface area contributed by atoms with Gasteiger partial charge in [0, 0.05) is 10.7 Å². The molecule has 1 amide bonds. The highest BCUT2D eigenvalue weighted by atomic mass is 127. The SMILES string of the molecule is COc1cc(/C=C(/C#N)C(=O)Nc2cccc(Cl)c2C)cc(I)c1OCc1ccc(Cl)c(Cl)c1. The van der Waals surface area contributed by atoms with E-state index in [0.717, 1.165) is 14.7 Å². The zero-order valence-corrected chi connectivity index (χ0v) is 22.5. The van der Waals surface area contributed by atoms with E-state index in [1.54, 1.807) is 49.4 Å². The normalized spacial score (nSPS) is 11.0. The highest BCUT2D eigenvalue weighted by Gasteiger charge is 2.15. The lowest BCUT2D eigenvalue weighted by molar-refractivity contribution is -0.112. The average molecular weight is 628 g/mol. The van der Waals surface area contributed by atoms with Gasteiger partial charge >= 0.3 is 0 Å². The summed E-state index contributed by atoms with van der Waals surface area (Å²) in [4.78, 5) is 12.7. The van der Waals surface area contributed by atoms with Crippen LogP contribution < -0.4 is 14.8 Å². The molecule has 0 spiro atoms. The minimum absolute atomic E-state index is 0.0679. The second-order valence-corrected chi connectivity index (χ2v) is 9.49. The van der Waals surface area contributed by atoms with Crippen LogP contribution in [0.1, 0.15) is 16.7 Å². The van der Waals surface area contributed by atoms with Gasteiger partial charge in [-0.1, -0.05) is 46.9 Å². The van der Waals surface area contributed by atoms with Gasteiger partial charge in [-0.15, -0.1) is 0 Å². The van der Waals surface area contributed by atoms with Crippen LogP contribution in [0.5, 0.6) is 11.5 Å². The first-order valence-corrected chi connectivity index (χ1v) is 12.1. The number of methoxy groups -OCH3 is 1. The predicted octanol–water partition coefficient (Wildman–Crippen LogP) is 7.69. The van der Waals surface area contributed by atoms with E-state index in [1.165, 1.54) is 13.2 Å². The van der Waals surface area contributed by atoms with Crippen molar-refractivity contribution < 1.29 is 14.3 Å². The first-order chi connectivity index (χ1) is 16.2. The molecule has 1 N–H and O–H groups in total. The van der Waals surface area contributed by atoms with Gasteiger partial charge < -0.3 is 14.8 Å². The zero-order chi connectivity index (χ0) is 24.8. The number of ether oxygens (including phenoxy) is 2. The third-order valence-corrected chi connectivity index (χ3v) is 6.76.